The van der Waals surface area contributed by atoms with Crippen LogP contribution in [-0.4, -0.2) is 26.4 Å². The number of carbonyl (C=O) groups is 1. The van der Waals surface area contributed by atoms with Crippen LogP contribution in [0.5, 0.6) is 0 Å². The first kappa shape index (κ1) is 13.5. The topological polar surface area (TPSA) is 55.1 Å². The number of aliphatic carboxylic acids is 1. The summed E-state index contributed by atoms with van der Waals surface area (Å²) >= 11 is 10.6. The number of halogens is 2. The van der Waals surface area contributed by atoms with Gasteiger partial charge in [0, 0.05) is 16.9 Å². The number of benzene rings is 1. The van der Waals surface area contributed by atoms with Crippen LogP contribution >= 0.6 is 39.3 Å². The highest BCUT2D eigenvalue weighted by Crippen LogP contribution is 2.28. The second-order valence-corrected chi connectivity index (χ2v) is 5.62. The van der Waals surface area contributed by atoms with E-state index in [2.05, 4.69) is 20.9 Å². The number of thioether (sulfide) groups is 1. The van der Waals surface area contributed by atoms with Gasteiger partial charge in [-0.25, -0.2) is 4.98 Å². The molecule has 0 bridgehead atoms. The molecule has 7 heteroatoms. The fraction of sp³-hybridized carbons (Fsp3) is 0.0909. The number of carboxylic acid groups (broad SMARTS) is 1. The van der Waals surface area contributed by atoms with Crippen molar-refractivity contribution in [3.8, 4) is 5.69 Å². The molecule has 0 saturated heterocycles. The summed E-state index contributed by atoms with van der Waals surface area (Å²) in [6.07, 6.45) is 3.36. The maximum Gasteiger partial charge on any atom is 0.313 e. The Kier molecular flexibility index (Phi) is 4.31. The molecular weight excluding hydrogens is 340 g/mol. The van der Waals surface area contributed by atoms with Gasteiger partial charge in [0.15, 0.2) is 5.16 Å². The predicted molar refractivity (Wildman–Crippen MR) is 74.6 cm³/mol. The minimum absolute atomic E-state index is 0.0365. The lowest BCUT2D eigenvalue weighted by atomic mass is 10.3. The monoisotopic (exact) mass is 346 g/mol. The van der Waals surface area contributed by atoms with E-state index in [4.69, 9.17) is 16.7 Å². The SMILES string of the molecule is O=C(O)CSc1nccn1-c1ccc(Br)cc1Cl. The molecule has 1 aromatic carbocycles. The van der Waals surface area contributed by atoms with Gasteiger partial charge in [-0.1, -0.05) is 39.3 Å². The molecule has 0 unspecified atom stereocenters. The quantitative estimate of drug-likeness (QED) is 0.861. The highest BCUT2D eigenvalue weighted by atomic mass is 79.9. The summed E-state index contributed by atoms with van der Waals surface area (Å²) in [5, 5.41) is 9.84. The number of imidazole rings is 1. The van der Waals surface area contributed by atoms with Crippen molar-refractivity contribution in [3.63, 3.8) is 0 Å². The third-order valence-corrected chi connectivity index (χ3v) is 3.85. The average Bonchev–Trinajstić information content (AvgIpc) is 2.74. The first-order valence-electron chi connectivity index (χ1n) is 4.91. The Morgan fingerprint density at radius 3 is 3.00 bits per heavy atom. The van der Waals surface area contributed by atoms with Gasteiger partial charge in [0.05, 0.1) is 16.5 Å². The van der Waals surface area contributed by atoms with E-state index in [0.29, 0.717) is 10.2 Å². The van der Waals surface area contributed by atoms with Gasteiger partial charge in [-0.15, -0.1) is 0 Å². The molecule has 0 saturated carbocycles. The molecule has 4 nitrogen and oxygen atoms in total. The van der Waals surface area contributed by atoms with Crippen LogP contribution in [-0.2, 0) is 4.79 Å². The summed E-state index contributed by atoms with van der Waals surface area (Å²) in [4.78, 5) is 14.7. The standard InChI is InChI=1S/C11H8BrClN2O2S/c12-7-1-2-9(8(13)5-7)15-4-3-14-11(15)18-6-10(16)17/h1-5H,6H2,(H,16,17). The molecule has 2 aromatic rings. The maximum atomic E-state index is 10.6. The molecule has 18 heavy (non-hydrogen) atoms. The number of rotatable bonds is 4. The molecule has 1 aromatic heterocycles. The summed E-state index contributed by atoms with van der Waals surface area (Å²) in [6, 6.07) is 5.49. The van der Waals surface area contributed by atoms with Crippen molar-refractivity contribution in [2.24, 2.45) is 0 Å². The van der Waals surface area contributed by atoms with Crippen LogP contribution in [0, 0.1) is 0 Å². The van der Waals surface area contributed by atoms with Crippen molar-refractivity contribution < 1.29 is 9.90 Å². The lowest BCUT2D eigenvalue weighted by molar-refractivity contribution is -0.133. The van der Waals surface area contributed by atoms with Gasteiger partial charge in [-0.2, -0.15) is 0 Å². The van der Waals surface area contributed by atoms with E-state index in [1.165, 1.54) is 0 Å². The van der Waals surface area contributed by atoms with E-state index in [0.717, 1.165) is 21.9 Å². The molecule has 0 atom stereocenters. The Morgan fingerprint density at radius 1 is 1.56 bits per heavy atom. The zero-order valence-corrected chi connectivity index (χ0v) is 12.2. The zero-order chi connectivity index (χ0) is 13.1. The number of aromatic nitrogens is 2. The minimum Gasteiger partial charge on any atom is -0.481 e. The normalized spacial score (nSPS) is 10.6. The molecular formula is C11H8BrClN2O2S. The molecule has 2 rings (SSSR count). The predicted octanol–water partition coefficient (Wildman–Crippen LogP) is 3.46. The van der Waals surface area contributed by atoms with E-state index in [1.807, 2.05) is 12.1 Å². The molecule has 0 aliphatic rings. The summed E-state index contributed by atoms with van der Waals surface area (Å²) in [5.74, 6) is -0.915. The zero-order valence-electron chi connectivity index (χ0n) is 9.01. The molecule has 1 heterocycles. The van der Waals surface area contributed by atoms with Gasteiger partial charge in [-0.05, 0) is 18.2 Å². The Balaban J connectivity index is 2.33. The molecule has 0 radical (unpaired) electrons. The summed E-state index contributed by atoms with van der Waals surface area (Å²) < 4.78 is 2.65. The molecule has 0 fully saturated rings. The van der Waals surface area contributed by atoms with Gasteiger partial charge < -0.3 is 5.11 Å². The molecule has 0 spiro atoms. The number of hydrogen-bond acceptors (Lipinski definition) is 3. The van der Waals surface area contributed by atoms with Crippen LogP contribution in [0.1, 0.15) is 0 Å². The van der Waals surface area contributed by atoms with Gasteiger partial charge in [-0.3, -0.25) is 9.36 Å². The van der Waals surface area contributed by atoms with E-state index in [-0.39, 0.29) is 5.75 Å². The van der Waals surface area contributed by atoms with E-state index in [1.54, 1.807) is 23.0 Å². The van der Waals surface area contributed by atoms with E-state index < -0.39 is 5.97 Å². The average molecular weight is 348 g/mol. The molecule has 1 N–H and O–H groups in total. The Bertz CT molecular complexity index is 588. The lowest BCUT2D eigenvalue weighted by Crippen LogP contribution is -2.01. The Labute approximate surface area is 121 Å². The third-order valence-electron chi connectivity index (χ3n) is 2.10. The molecule has 94 valence electrons. The van der Waals surface area contributed by atoms with Crippen LogP contribution in [0.15, 0.2) is 40.2 Å². The smallest absolute Gasteiger partial charge is 0.313 e. The second-order valence-electron chi connectivity index (χ2n) is 3.36. The summed E-state index contributed by atoms with van der Waals surface area (Å²) in [7, 11) is 0. The number of carboxylic acids is 1. The molecule has 0 aliphatic carbocycles. The van der Waals surface area contributed by atoms with Crippen LogP contribution in [0.25, 0.3) is 5.69 Å². The van der Waals surface area contributed by atoms with Gasteiger partial charge in [0.2, 0.25) is 0 Å². The van der Waals surface area contributed by atoms with Crippen molar-refractivity contribution in [2.75, 3.05) is 5.75 Å². The summed E-state index contributed by atoms with van der Waals surface area (Å²) in [6.45, 7) is 0. The van der Waals surface area contributed by atoms with Crippen molar-refractivity contribution in [2.45, 2.75) is 5.16 Å². The van der Waals surface area contributed by atoms with Gasteiger partial charge >= 0.3 is 5.97 Å². The van der Waals surface area contributed by atoms with Crippen LogP contribution in [0.3, 0.4) is 0 Å². The Hall–Kier alpha value is -0.980. The largest absolute Gasteiger partial charge is 0.481 e. The van der Waals surface area contributed by atoms with Gasteiger partial charge in [0.1, 0.15) is 0 Å². The molecule has 0 aliphatic heterocycles. The summed E-state index contributed by atoms with van der Waals surface area (Å²) in [5.41, 5.74) is 0.769. The fourth-order valence-corrected chi connectivity index (χ4v) is 2.83. The van der Waals surface area contributed by atoms with Crippen LogP contribution in [0.4, 0.5) is 0 Å². The van der Waals surface area contributed by atoms with Crippen molar-refractivity contribution in [3.05, 3.63) is 40.1 Å². The lowest BCUT2D eigenvalue weighted by Gasteiger charge is -2.08. The first-order chi connectivity index (χ1) is 8.58. The van der Waals surface area contributed by atoms with Crippen molar-refractivity contribution in [1.29, 1.82) is 0 Å². The highest BCUT2D eigenvalue weighted by molar-refractivity contribution is 9.10. The number of nitrogens with zero attached hydrogens (tertiary/aromatic N) is 2. The molecule has 0 amide bonds. The Morgan fingerprint density at radius 2 is 2.33 bits per heavy atom. The maximum absolute atomic E-state index is 10.6. The number of hydrogen-bond donors (Lipinski definition) is 1. The van der Waals surface area contributed by atoms with Crippen LogP contribution in [0.2, 0.25) is 5.02 Å². The van der Waals surface area contributed by atoms with Crippen LogP contribution < -0.4 is 0 Å². The minimum atomic E-state index is -0.878. The van der Waals surface area contributed by atoms with Crippen molar-refractivity contribution >= 4 is 45.3 Å². The third kappa shape index (κ3) is 3.07. The van der Waals surface area contributed by atoms with Gasteiger partial charge in [0.25, 0.3) is 0 Å². The van der Waals surface area contributed by atoms with Crippen molar-refractivity contribution in [1.82, 2.24) is 9.55 Å². The first-order valence-corrected chi connectivity index (χ1v) is 7.07. The highest BCUT2D eigenvalue weighted by Gasteiger charge is 2.10. The second kappa shape index (κ2) is 5.77. The van der Waals surface area contributed by atoms with E-state index >= 15 is 0 Å². The fourth-order valence-electron chi connectivity index (χ4n) is 1.38. The van der Waals surface area contributed by atoms with E-state index in [9.17, 15) is 4.79 Å².